The molecular weight excluding hydrogens is 791 g/mol. The van der Waals surface area contributed by atoms with E-state index in [0.717, 1.165) is 96.3 Å². The van der Waals surface area contributed by atoms with E-state index in [1.165, 1.54) is 103 Å². The summed E-state index contributed by atoms with van der Waals surface area (Å²) in [5.41, 5.74) is 0. The van der Waals surface area contributed by atoms with Crippen LogP contribution in [0.25, 0.3) is 0 Å². The van der Waals surface area contributed by atoms with Gasteiger partial charge in [-0.1, -0.05) is 228 Å². The van der Waals surface area contributed by atoms with Crippen molar-refractivity contribution in [1.29, 1.82) is 0 Å². The van der Waals surface area contributed by atoms with Gasteiger partial charge in [-0.2, -0.15) is 0 Å². The molecule has 0 bridgehead atoms. The number of esters is 1. The van der Waals surface area contributed by atoms with Gasteiger partial charge in [0.1, 0.15) is 6.10 Å². The molecule has 0 aromatic heterocycles. The van der Waals surface area contributed by atoms with Crippen molar-refractivity contribution in [3.8, 4) is 0 Å². The Balaban J connectivity index is 4.75. The molecule has 0 rings (SSSR count). The summed E-state index contributed by atoms with van der Waals surface area (Å²) in [4.78, 5) is 26.2. The van der Waals surface area contributed by atoms with Crippen LogP contribution in [-0.4, -0.2) is 46.9 Å². The monoisotopic (exact) mass is 892 g/mol. The fourth-order valence-electron chi connectivity index (χ4n) is 7.69. The number of rotatable bonds is 47. The second-order valence-electron chi connectivity index (χ2n) is 17.9. The molecule has 3 unspecified atom stereocenters. The number of hydrogen-bond donors (Lipinski definition) is 3. The molecule has 3 N–H and O–H groups in total. The number of aliphatic hydroxyl groups is 2. The van der Waals surface area contributed by atoms with Gasteiger partial charge in [0.25, 0.3) is 0 Å². The molecule has 0 aromatic rings. The Kier molecular flexibility index (Phi) is 48.7. The summed E-state index contributed by atoms with van der Waals surface area (Å²) < 4.78 is 5.90. The van der Waals surface area contributed by atoms with E-state index in [4.69, 9.17) is 4.74 Å². The lowest BCUT2D eigenvalue weighted by atomic mass is 10.0. The number of unbranched alkanes of at least 4 members (excludes halogenated alkanes) is 22. The number of allylic oxidation sites excluding steroid dienone is 14. The van der Waals surface area contributed by atoms with Gasteiger partial charge in [-0.15, -0.1) is 0 Å². The van der Waals surface area contributed by atoms with Crippen LogP contribution in [0.2, 0.25) is 0 Å². The lowest BCUT2D eigenvalue weighted by Crippen LogP contribution is -2.46. The summed E-state index contributed by atoms with van der Waals surface area (Å²) in [7, 11) is 0. The van der Waals surface area contributed by atoms with Crippen molar-refractivity contribution in [2.45, 2.75) is 264 Å². The van der Waals surface area contributed by atoms with Crippen LogP contribution in [-0.2, 0) is 14.3 Å². The number of carbonyl (C=O) groups is 2. The highest BCUT2D eigenvalue weighted by Crippen LogP contribution is 2.16. The third-order valence-corrected chi connectivity index (χ3v) is 11.7. The van der Waals surface area contributed by atoms with Gasteiger partial charge in [0.05, 0.1) is 25.2 Å². The topological polar surface area (TPSA) is 95.9 Å². The molecule has 6 nitrogen and oxygen atoms in total. The van der Waals surface area contributed by atoms with E-state index >= 15 is 0 Å². The van der Waals surface area contributed by atoms with Crippen LogP contribution in [0.5, 0.6) is 0 Å². The molecule has 0 aliphatic carbocycles. The van der Waals surface area contributed by atoms with Crippen molar-refractivity contribution in [3.63, 3.8) is 0 Å². The average molecular weight is 892 g/mol. The minimum atomic E-state index is -0.811. The largest absolute Gasteiger partial charge is 0.462 e. The first-order valence-corrected chi connectivity index (χ1v) is 26.8. The van der Waals surface area contributed by atoms with Crippen LogP contribution in [0.3, 0.4) is 0 Å². The molecule has 6 heteroatoms. The Bertz CT molecular complexity index is 1230. The molecule has 64 heavy (non-hydrogen) atoms. The third-order valence-electron chi connectivity index (χ3n) is 11.7. The van der Waals surface area contributed by atoms with Crippen molar-refractivity contribution in [2.24, 2.45) is 0 Å². The quantitative estimate of drug-likeness (QED) is 0.0245. The molecule has 0 radical (unpaired) electrons. The van der Waals surface area contributed by atoms with E-state index in [1.807, 2.05) is 0 Å². The van der Waals surface area contributed by atoms with Crippen LogP contribution >= 0.6 is 0 Å². The first-order valence-electron chi connectivity index (χ1n) is 26.8. The molecule has 0 spiro atoms. The van der Waals surface area contributed by atoms with Crippen LogP contribution in [0, 0.1) is 0 Å². The number of hydrogen-bond acceptors (Lipinski definition) is 5. The fraction of sp³-hybridized carbons (Fsp3) is 0.724. The molecule has 0 heterocycles. The zero-order valence-corrected chi connectivity index (χ0v) is 41.9. The molecule has 0 saturated heterocycles. The molecule has 0 aliphatic heterocycles. The van der Waals surface area contributed by atoms with Crippen molar-refractivity contribution < 1.29 is 24.5 Å². The Morgan fingerprint density at radius 3 is 1.39 bits per heavy atom. The predicted molar refractivity (Wildman–Crippen MR) is 278 cm³/mol. The summed E-state index contributed by atoms with van der Waals surface area (Å²) in [6.07, 6.45) is 66.5. The zero-order chi connectivity index (χ0) is 46.7. The predicted octanol–water partition coefficient (Wildman–Crippen LogP) is 16.3. The average Bonchev–Trinajstić information content (AvgIpc) is 3.29. The van der Waals surface area contributed by atoms with Crippen molar-refractivity contribution in [1.82, 2.24) is 5.32 Å². The van der Waals surface area contributed by atoms with Gasteiger partial charge in [-0.05, 0) is 89.9 Å². The zero-order valence-electron chi connectivity index (χ0n) is 41.9. The van der Waals surface area contributed by atoms with Gasteiger partial charge >= 0.3 is 5.97 Å². The Morgan fingerprint density at radius 2 is 0.906 bits per heavy atom. The minimum Gasteiger partial charge on any atom is -0.462 e. The van der Waals surface area contributed by atoms with E-state index in [9.17, 15) is 19.8 Å². The lowest BCUT2D eigenvalue weighted by molar-refractivity contribution is -0.151. The normalized spacial score (nSPS) is 13.9. The van der Waals surface area contributed by atoms with Gasteiger partial charge in [0, 0.05) is 6.42 Å². The maximum atomic E-state index is 13.2. The summed E-state index contributed by atoms with van der Waals surface area (Å²) in [5.74, 6) is -0.564. The maximum Gasteiger partial charge on any atom is 0.306 e. The number of aliphatic hydroxyl groups excluding tert-OH is 2. The van der Waals surface area contributed by atoms with Gasteiger partial charge in [-0.25, -0.2) is 0 Å². The first-order chi connectivity index (χ1) is 31.5. The van der Waals surface area contributed by atoms with Gasteiger partial charge < -0.3 is 20.3 Å². The van der Waals surface area contributed by atoms with Crippen molar-refractivity contribution in [3.05, 3.63) is 85.1 Å². The molecule has 0 saturated carbocycles. The van der Waals surface area contributed by atoms with Gasteiger partial charge in [0.2, 0.25) is 5.91 Å². The van der Waals surface area contributed by atoms with Crippen LogP contribution in [0.1, 0.15) is 245 Å². The standard InChI is InChI=1S/C58H101NO5/c1-4-7-10-13-16-19-22-25-27-29-30-32-34-37-40-43-46-49-54(64-58(63)51-48-45-42-39-36-33-31-28-26-23-20-17-14-11-8-5-2)52-57(62)59-55(53-60)56(61)50-47-44-41-38-35-24-21-18-15-12-9-6-3/h7,10,16,19,25,27-28,30-33,36-37,40,54-56,60-61H,4-6,8-9,11-15,17-18,20-24,26,29,34-35,38-39,41-53H2,1-3H3,(H,59,62)/b10-7-,19-16-,27-25-,31-28+,32-30-,36-33+,40-37-. The smallest absolute Gasteiger partial charge is 0.306 e. The second kappa shape index (κ2) is 51.0. The van der Waals surface area contributed by atoms with Gasteiger partial charge in [0.15, 0.2) is 0 Å². The van der Waals surface area contributed by atoms with Crippen LogP contribution in [0.4, 0.5) is 0 Å². The third kappa shape index (κ3) is 45.6. The molecule has 1 amide bonds. The maximum absolute atomic E-state index is 13.2. The number of carbonyl (C=O) groups excluding carboxylic acids is 2. The highest BCUT2D eigenvalue weighted by molar-refractivity contribution is 5.77. The summed E-state index contributed by atoms with van der Waals surface area (Å²) in [6, 6.07) is -0.729. The molecule has 3 atom stereocenters. The van der Waals surface area contributed by atoms with E-state index in [2.05, 4.69) is 111 Å². The Hall–Kier alpha value is -2.96. The second-order valence-corrected chi connectivity index (χ2v) is 17.9. The summed E-state index contributed by atoms with van der Waals surface area (Å²) in [5, 5.41) is 23.8. The Morgan fingerprint density at radius 1 is 0.484 bits per heavy atom. The number of nitrogens with one attached hydrogen (secondary N) is 1. The molecule has 0 fully saturated rings. The summed E-state index contributed by atoms with van der Waals surface area (Å²) >= 11 is 0. The molecule has 368 valence electrons. The first kappa shape index (κ1) is 61.0. The Labute approximate surface area is 395 Å². The van der Waals surface area contributed by atoms with Gasteiger partial charge in [-0.3, -0.25) is 9.59 Å². The van der Waals surface area contributed by atoms with Crippen molar-refractivity contribution in [2.75, 3.05) is 6.61 Å². The molecule has 0 aliphatic rings. The minimum absolute atomic E-state index is 0.0243. The van der Waals surface area contributed by atoms with E-state index in [1.54, 1.807) is 0 Å². The fourth-order valence-corrected chi connectivity index (χ4v) is 7.69. The number of amides is 1. The lowest BCUT2D eigenvalue weighted by Gasteiger charge is -2.24. The highest BCUT2D eigenvalue weighted by atomic mass is 16.5. The molecule has 0 aromatic carbocycles. The molecular formula is C58H101NO5. The van der Waals surface area contributed by atoms with Crippen LogP contribution < -0.4 is 5.32 Å². The SMILES string of the molecule is CC/C=C\C/C=C\C/C=C\C/C=C\C/C=C\CCCC(CC(=O)NC(CO)C(O)CCCCCCCCCCCCCC)OC(=O)CCCCC/C=C/C=C/CCCCCCCCC. The van der Waals surface area contributed by atoms with E-state index < -0.39 is 18.2 Å². The van der Waals surface area contributed by atoms with E-state index in [0.29, 0.717) is 19.3 Å². The highest BCUT2D eigenvalue weighted by Gasteiger charge is 2.24. The number of ether oxygens (including phenoxy) is 1. The van der Waals surface area contributed by atoms with E-state index in [-0.39, 0.29) is 24.9 Å². The van der Waals surface area contributed by atoms with Crippen molar-refractivity contribution >= 4 is 11.9 Å². The van der Waals surface area contributed by atoms with Crippen LogP contribution in [0.15, 0.2) is 85.1 Å². The summed E-state index contributed by atoms with van der Waals surface area (Å²) in [6.45, 7) is 6.34.